The van der Waals surface area contributed by atoms with Crippen molar-refractivity contribution in [1.82, 2.24) is 9.97 Å². The second-order valence-electron chi connectivity index (χ2n) is 6.52. The summed E-state index contributed by atoms with van der Waals surface area (Å²) >= 11 is 0. The molecule has 0 fully saturated rings. The van der Waals surface area contributed by atoms with Gasteiger partial charge in [0, 0.05) is 24.0 Å². The Morgan fingerprint density at radius 2 is 1.86 bits per heavy atom. The molecule has 3 rings (SSSR count). The minimum atomic E-state index is -4.48. The predicted octanol–water partition coefficient (Wildman–Crippen LogP) is 4.98. The van der Waals surface area contributed by atoms with E-state index in [2.05, 4.69) is 20.6 Å². The van der Waals surface area contributed by atoms with Crippen molar-refractivity contribution in [2.75, 3.05) is 10.6 Å². The molecule has 0 saturated heterocycles. The summed E-state index contributed by atoms with van der Waals surface area (Å²) in [5.41, 5.74) is 0.593. The van der Waals surface area contributed by atoms with E-state index in [1.165, 1.54) is 19.1 Å². The number of carbonyl (C=O) groups excluding carboxylic acids is 1. The number of nitrogens with zero attached hydrogens (tertiary/aromatic N) is 2. The Hall–Kier alpha value is -3.42. The van der Waals surface area contributed by atoms with Crippen LogP contribution in [0.3, 0.4) is 0 Å². The molecular formula is C21H19F3N4O. The molecule has 1 amide bonds. The number of nitrogens with one attached hydrogen (secondary N) is 2. The summed E-state index contributed by atoms with van der Waals surface area (Å²) in [4.78, 5) is 20.8. The van der Waals surface area contributed by atoms with Crippen LogP contribution in [0.4, 0.5) is 24.7 Å². The van der Waals surface area contributed by atoms with E-state index >= 15 is 0 Å². The molecule has 1 aromatic heterocycles. The van der Waals surface area contributed by atoms with E-state index in [9.17, 15) is 18.0 Å². The Bertz CT molecular complexity index is 1030. The number of benzene rings is 2. The van der Waals surface area contributed by atoms with E-state index in [0.717, 1.165) is 11.6 Å². The second kappa shape index (κ2) is 8.30. The molecule has 3 aromatic rings. The number of halogens is 3. The van der Waals surface area contributed by atoms with Crippen molar-refractivity contribution in [3.05, 3.63) is 82.8 Å². The van der Waals surface area contributed by atoms with Crippen molar-refractivity contribution in [3.63, 3.8) is 0 Å². The fourth-order valence-electron chi connectivity index (χ4n) is 2.78. The molecule has 0 aliphatic carbocycles. The quantitative estimate of drug-likeness (QED) is 0.634. The highest BCUT2D eigenvalue weighted by Gasteiger charge is 2.32. The Balaban J connectivity index is 1.71. The molecule has 1 heterocycles. The first kappa shape index (κ1) is 20.3. The van der Waals surface area contributed by atoms with E-state index in [1.54, 1.807) is 37.4 Å². The normalized spacial score (nSPS) is 11.2. The van der Waals surface area contributed by atoms with Crippen LogP contribution in [0.15, 0.2) is 54.7 Å². The van der Waals surface area contributed by atoms with Gasteiger partial charge in [0.25, 0.3) is 5.91 Å². The maximum absolute atomic E-state index is 13.1. The monoisotopic (exact) mass is 400 g/mol. The fraction of sp³-hybridized carbons (Fsp3) is 0.190. The third-order valence-electron chi connectivity index (χ3n) is 4.24. The maximum atomic E-state index is 13.1. The van der Waals surface area contributed by atoms with Crippen molar-refractivity contribution < 1.29 is 18.0 Å². The third-order valence-corrected chi connectivity index (χ3v) is 4.24. The molecule has 0 aliphatic heterocycles. The molecule has 8 heteroatoms. The van der Waals surface area contributed by atoms with Crippen LogP contribution in [-0.4, -0.2) is 15.9 Å². The van der Waals surface area contributed by atoms with Crippen molar-refractivity contribution in [3.8, 4) is 0 Å². The smallest absolute Gasteiger partial charge is 0.366 e. The zero-order valence-electron chi connectivity index (χ0n) is 15.8. The molecule has 0 saturated carbocycles. The highest BCUT2D eigenvalue weighted by Crippen LogP contribution is 2.33. The van der Waals surface area contributed by atoms with E-state index in [4.69, 9.17) is 0 Å². The number of hydrogen-bond acceptors (Lipinski definition) is 4. The standard InChI is InChI=1S/C21H19F3N4O/c1-13-6-7-17(11-18(13)21(22,23)24)28-20(29)16-5-3-4-15(10-16)12-26-19-8-9-25-14(2)27-19/h3-11H,12H2,1-2H3,(H,28,29)(H,25,26,27). The van der Waals surface area contributed by atoms with E-state index < -0.39 is 17.6 Å². The van der Waals surface area contributed by atoms with Crippen LogP contribution in [0.25, 0.3) is 0 Å². The van der Waals surface area contributed by atoms with Crippen molar-refractivity contribution >= 4 is 17.4 Å². The zero-order chi connectivity index (χ0) is 21.0. The minimum absolute atomic E-state index is 0.0907. The minimum Gasteiger partial charge on any atom is -0.366 e. The van der Waals surface area contributed by atoms with Gasteiger partial charge in [0.15, 0.2) is 0 Å². The van der Waals surface area contributed by atoms with Gasteiger partial charge in [-0.3, -0.25) is 4.79 Å². The molecule has 29 heavy (non-hydrogen) atoms. The zero-order valence-corrected chi connectivity index (χ0v) is 15.8. The summed E-state index contributed by atoms with van der Waals surface area (Å²) in [5, 5.41) is 5.67. The van der Waals surface area contributed by atoms with Gasteiger partial charge in [-0.05, 0) is 55.3 Å². The van der Waals surface area contributed by atoms with E-state index in [-0.39, 0.29) is 11.3 Å². The Morgan fingerprint density at radius 3 is 2.59 bits per heavy atom. The average Bonchev–Trinajstić information content (AvgIpc) is 2.67. The summed E-state index contributed by atoms with van der Waals surface area (Å²) in [6.07, 6.45) is -2.83. The van der Waals surface area contributed by atoms with Crippen LogP contribution >= 0.6 is 0 Å². The van der Waals surface area contributed by atoms with Gasteiger partial charge >= 0.3 is 6.18 Å². The van der Waals surface area contributed by atoms with Gasteiger partial charge in [-0.2, -0.15) is 13.2 Å². The topological polar surface area (TPSA) is 66.9 Å². The molecule has 0 atom stereocenters. The van der Waals surface area contributed by atoms with Gasteiger partial charge in [0.05, 0.1) is 5.56 Å². The lowest BCUT2D eigenvalue weighted by atomic mass is 10.1. The molecule has 0 spiro atoms. The number of aromatic nitrogens is 2. The molecule has 2 N–H and O–H groups in total. The van der Waals surface area contributed by atoms with E-state index in [0.29, 0.717) is 23.8 Å². The summed E-state index contributed by atoms with van der Waals surface area (Å²) in [7, 11) is 0. The van der Waals surface area contributed by atoms with Crippen molar-refractivity contribution in [2.24, 2.45) is 0 Å². The first-order valence-electron chi connectivity index (χ1n) is 8.84. The number of rotatable bonds is 5. The van der Waals surface area contributed by atoms with Gasteiger partial charge in [-0.25, -0.2) is 9.97 Å². The molecule has 150 valence electrons. The number of aryl methyl sites for hydroxylation is 2. The number of alkyl halides is 3. The van der Waals surface area contributed by atoms with Gasteiger partial charge < -0.3 is 10.6 Å². The Kier molecular flexibility index (Phi) is 5.81. The molecule has 0 bridgehead atoms. The number of anilines is 2. The van der Waals surface area contributed by atoms with Crippen LogP contribution in [0, 0.1) is 13.8 Å². The lowest BCUT2D eigenvalue weighted by molar-refractivity contribution is -0.138. The van der Waals surface area contributed by atoms with Gasteiger partial charge in [-0.15, -0.1) is 0 Å². The van der Waals surface area contributed by atoms with Crippen LogP contribution in [0.1, 0.15) is 32.9 Å². The molecule has 0 radical (unpaired) electrons. The summed E-state index contributed by atoms with van der Waals surface area (Å²) < 4.78 is 39.2. The lowest BCUT2D eigenvalue weighted by Gasteiger charge is -2.13. The van der Waals surface area contributed by atoms with Gasteiger partial charge in [0.2, 0.25) is 0 Å². The summed E-state index contributed by atoms with van der Waals surface area (Å²) in [6, 6.07) is 12.3. The number of carbonyl (C=O) groups is 1. The van der Waals surface area contributed by atoms with Crippen molar-refractivity contribution in [1.29, 1.82) is 0 Å². The first-order valence-corrected chi connectivity index (χ1v) is 8.84. The largest absolute Gasteiger partial charge is 0.416 e. The molecule has 0 aliphatic rings. The average molecular weight is 400 g/mol. The number of hydrogen-bond donors (Lipinski definition) is 2. The van der Waals surface area contributed by atoms with Gasteiger partial charge in [-0.1, -0.05) is 18.2 Å². The van der Waals surface area contributed by atoms with Gasteiger partial charge in [0.1, 0.15) is 11.6 Å². The van der Waals surface area contributed by atoms with Crippen LogP contribution in [0.2, 0.25) is 0 Å². The molecular weight excluding hydrogens is 381 g/mol. The number of amides is 1. The Labute approximate surface area is 166 Å². The van der Waals surface area contributed by atoms with Crippen LogP contribution in [-0.2, 0) is 12.7 Å². The molecule has 5 nitrogen and oxygen atoms in total. The van der Waals surface area contributed by atoms with E-state index in [1.807, 2.05) is 6.07 Å². The highest BCUT2D eigenvalue weighted by atomic mass is 19.4. The SMILES string of the molecule is Cc1nccc(NCc2cccc(C(=O)Nc3ccc(C)c(C(F)(F)F)c3)c2)n1. The summed E-state index contributed by atoms with van der Waals surface area (Å²) in [6.45, 7) is 3.59. The first-order chi connectivity index (χ1) is 13.7. The lowest BCUT2D eigenvalue weighted by Crippen LogP contribution is -2.14. The van der Waals surface area contributed by atoms with Crippen LogP contribution in [0.5, 0.6) is 0 Å². The predicted molar refractivity (Wildman–Crippen MR) is 105 cm³/mol. The Morgan fingerprint density at radius 1 is 1.07 bits per heavy atom. The maximum Gasteiger partial charge on any atom is 0.416 e. The third kappa shape index (κ3) is 5.31. The summed E-state index contributed by atoms with van der Waals surface area (Å²) in [5.74, 6) is 0.813. The second-order valence-corrected chi connectivity index (χ2v) is 6.52. The highest BCUT2D eigenvalue weighted by molar-refractivity contribution is 6.04. The van der Waals surface area contributed by atoms with Crippen LogP contribution < -0.4 is 10.6 Å². The fourth-order valence-corrected chi connectivity index (χ4v) is 2.78. The molecule has 2 aromatic carbocycles. The molecule has 0 unspecified atom stereocenters. The van der Waals surface area contributed by atoms with Crippen molar-refractivity contribution in [2.45, 2.75) is 26.6 Å².